The molecule has 4 rings (SSSR count). The van der Waals surface area contributed by atoms with Crippen molar-refractivity contribution < 1.29 is 24.2 Å². The van der Waals surface area contributed by atoms with Gasteiger partial charge in [-0.1, -0.05) is 18.2 Å². The summed E-state index contributed by atoms with van der Waals surface area (Å²) in [5, 5.41) is 15.4. The second kappa shape index (κ2) is 8.19. The molecule has 162 valence electrons. The highest BCUT2D eigenvalue weighted by atomic mass is 16.5. The third kappa shape index (κ3) is 3.80. The predicted molar refractivity (Wildman–Crippen MR) is 122 cm³/mol. The van der Waals surface area contributed by atoms with E-state index in [2.05, 4.69) is 10.6 Å². The Kier molecular flexibility index (Phi) is 5.40. The molecule has 7 heteroatoms. The van der Waals surface area contributed by atoms with Gasteiger partial charge in [-0.3, -0.25) is 14.4 Å². The number of carboxylic acid groups (broad SMARTS) is 1. The minimum Gasteiger partial charge on any atom is -0.496 e. The van der Waals surface area contributed by atoms with Gasteiger partial charge in [0.05, 0.1) is 41.2 Å². The molecule has 3 aromatic rings. The molecule has 1 aliphatic rings. The smallest absolute Gasteiger partial charge is 0.310 e. The molecule has 32 heavy (non-hydrogen) atoms. The number of methoxy groups -OCH3 is 1. The second-order valence-corrected chi connectivity index (χ2v) is 7.68. The fourth-order valence-corrected chi connectivity index (χ4v) is 3.71. The van der Waals surface area contributed by atoms with E-state index in [1.165, 1.54) is 14.0 Å². The highest BCUT2D eigenvalue weighted by Gasteiger charge is 2.22. The zero-order valence-electron chi connectivity index (χ0n) is 17.9. The minimum absolute atomic E-state index is 0.0816. The molecule has 0 spiro atoms. The Bertz CT molecular complexity index is 1270. The molecule has 1 heterocycles. The van der Waals surface area contributed by atoms with Crippen molar-refractivity contribution in [1.29, 1.82) is 0 Å². The van der Waals surface area contributed by atoms with E-state index in [4.69, 9.17) is 4.74 Å². The molecule has 0 aliphatic carbocycles. The summed E-state index contributed by atoms with van der Waals surface area (Å²) in [5.74, 6) is -1.51. The Hall–Kier alpha value is -4.13. The third-order valence-corrected chi connectivity index (χ3v) is 5.61. The van der Waals surface area contributed by atoms with E-state index >= 15 is 0 Å². The van der Waals surface area contributed by atoms with Gasteiger partial charge >= 0.3 is 5.97 Å². The maximum absolute atomic E-state index is 12.8. The van der Waals surface area contributed by atoms with E-state index in [0.717, 1.165) is 11.1 Å². The van der Waals surface area contributed by atoms with Crippen LogP contribution in [-0.2, 0) is 4.79 Å². The van der Waals surface area contributed by atoms with Crippen molar-refractivity contribution in [2.24, 2.45) is 0 Å². The lowest BCUT2D eigenvalue weighted by molar-refractivity contribution is -0.138. The number of carbonyl (C=O) groups is 3. The summed E-state index contributed by atoms with van der Waals surface area (Å²) in [6, 6.07) is 15.9. The molecule has 1 unspecified atom stereocenters. The number of carboxylic acids is 1. The second-order valence-electron chi connectivity index (χ2n) is 7.68. The topological polar surface area (TPSA) is 105 Å². The maximum Gasteiger partial charge on any atom is 0.310 e. The van der Waals surface area contributed by atoms with Crippen molar-refractivity contribution in [3.8, 4) is 16.9 Å². The number of ether oxygens (including phenoxy) is 1. The summed E-state index contributed by atoms with van der Waals surface area (Å²) in [6.07, 6.45) is 0. The number of ketones is 1. The van der Waals surface area contributed by atoms with Gasteiger partial charge in [0.2, 0.25) is 0 Å². The van der Waals surface area contributed by atoms with Crippen LogP contribution < -0.4 is 15.4 Å². The predicted octanol–water partition coefficient (Wildman–Crippen LogP) is 5.06. The highest BCUT2D eigenvalue weighted by Crippen LogP contribution is 2.37. The van der Waals surface area contributed by atoms with Gasteiger partial charge in [0, 0.05) is 0 Å². The summed E-state index contributed by atoms with van der Waals surface area (Å²) in [5.41, 5.74) is 5.05. The van der Waals surface area contributed by atoms with E-state index in [-0.39, 0.29) is 11.7 Å². The first-order valence-corrected chi connectivity index (χ1v) is 10.1. The van der Waals surface area contributed by atoms with Gasteiger partial charge < -0.3 is 20.5 Å². The lowest BCUT2D eigenvalue weighted by Gasteiger charge is -2.13. The van der Waals surface area contributed by atoms with Crippen LogP contribution in [0.1, 0.15) is 46.0 Å². The molecule has 0 radical (unpaired) electrons. The molecular formula is C25H22N2O5. The van der Waals surface area contributed by atoms with E-state index in [9.17, 15) is 19.5 Å². The summed E-state index contributed by atoms with van der Waals surface area (Å²) >= 11 is 0. The van der Waals surface area contributed by atoms with Crippen LogP contribution in [0.15, 0.2) is 54.6 Å². The summed E-state index contributed by atoms with van der Waals surface area (Å²) in [7, 11) is 1.52. The Balaban J connectivity index is 1.74. The molecule has 1 aliphatic heterocycles. The summed E-state index contributed by atoms with van der Waals surface area (Å²) < 4.78 is 5.37. The Morgan fingerprint density at radius 3 is 2.31 bits per heavy atom. The van der Waals surface area contributed by atoms with E-state index < -0.39 is 11.9 Å². The van der Waals surface area contributed by atoms with Crippen molar-refractivity contribution in [1.82, 2.24) is 0 Å². The molecule has 3 N–H and O–H groups in total. The van der Waals surface area contributed by atoms with E-state index in [1.807, 2.05) is 18.2 Å². The first kappa shape index (κ1) is 21.1. The fraction of sp³-hybridized carbons (Fsp3) is 0.160. The molecular weight excluding hydrogens is 408 g/mol. The number of fused-ring (bicyclic) bond motifs is 2. The lowest BCUT2D eigenvalue weighted by Crippen LogP contribution is -2.12. The van der Waals surface area contributed by atoms with Crippen LogP contribution in [0.25, 0.3) is 11.1 Å². The van der Waals surface area contributed by atoms with Crippen LogP contribution in [-0.4, -0.2) is 29.9 Å². The van der Waals surface area contributed by atoms with Crippen LogP contribution in [0.2, 0.25) is 0 Å². The minimum atomic E-state index is -0.933. The normalized spacial score (nSPS) is 13.0. The molecule has 0 saturated heterocycles. The molecule has 0 saturated carbocycles. The molecule has 0 aromatic heterocycles. The van der Waals surface area contributed by atoms with Crippen LogP contribution in [0, 0.1) is 0 Å². The van der Waals surface area contributed by atoms with Crippen LogP contribution in [0.5, 0.6) is 5.75 Å². The van der Waals surface area contributed by atoms with Crippen LogP contribution in [0.3, 0.4) is 0 Å². The number of Topliss-reactive ketones (excluding diaryl/α,β-unsaturated/α-hetero) is 1. The number of rotatable bonds is 5. The zero-order valence-corrected chi connectivity index (χ0v) is 17.9. The Labute approximate surface area is 185 Å². The third-order valence-electron chi connectivity index (χ3n) is 5.61. The molecule has 3 aromatic carbocycles. The number of carbonyl (C=O) groups excluding carboxylic acids is 2. The summed E-state index contributed by atoms with van der Waals surface area (Å²) in [6.45, 7) is 3.09. The molecule has 1 amide bonds. The van der Waals surface area contributed by atoms with Crippen LogP contribution >= 0.6 is 0 Å². The molecule has 0 bridgehead atoms. The van der Waals surface area contributed by atoms with Crippen molar-refractivity contribution in [2.75, 3.05) is 17.7 Å². The number of nitrogens with one attached hydrogen (secondary N) is 2. The van der Waals surface area contributed by atoms with Crippen molar-refractivity contribution >= 4 is 34.7 Å². The quantitative estimate of drug-likeness (QED) is 0.489. The number of amides is 1. The average Bonchev–Trinajstić information content (AvgIpc) is 2.92. The van der Waals surface area contributed by atoms with Gasteiger partial charge in [0.1, 0.15) is 5.75 Å². The van der Waals surface area contributed by atoms with E-state index in [0.29, 0.717) is 39.5 Å². The first-order chi connectivity index (χ1) is 15.3. The van der Waals surface area contributed by atoms with Crippen molar-refractivity contribution in [3.05, 3.63) is 71.3 Å². The largest absolute Gasteiger partial charge is 0.496 e. The van der Waals surface area contributed by atoms with Gasteiger partial charge in [-0.2, -0.15) is 0 Å². The van der Waals surface area contributed by atoms with Gasteiger partial charge in [-0.25, -0.2) is 0 Å². The average molecular weight is 430 g/mol. The number of hydrogen-bond acceptors (Lipinski definition) is 5. The van der Waals surface area contributed by atoms with Crippen molar-refractivity contribution in [2.45, 2.75) is 19.8 Å². The first-order valence-electron chi connectivity index (χ1n) is 10.1. The maximum atomic E-state index is 12.8. The van der Waals surface area contributed by atoms with Crippen molar-refractivity contribution in [3.63, 3.8) is 0 Å². The molecule has 1 atom stereocenters. The standard InChI is InChI=1S/C25H22N2O5/c1-13(25(30)31)15-6-9-20-22(10-15)27-24(29)19-8-5-16(11-21(19)26-20)17-4-7-18(14(2)28)23(12-17)32-3/h4-13,26H,1-3H3,(H,27,29)(H,30,31). The monoisotopic (exact) mass is 430 g/mol. The molecule has 0 fully saturated rings. The van der Waals surface area contributed by atoms with Gasteiger partial charge in [0.15, 0.2) is 5.78 Å². The van der Waals surface area contributed by atoms with Gasteiger partial charge in [-0.15, -0.1) is 0 Å². The SMILES string of the molecule is COc1cc(-c2ccc3c(c2)Nc2ccc(C(C)C(=O)O)cc2NC3=O)ccc1C(C)=O. The van der Waals surface area contributed by atoms with Crippen LogP contribution in [0.4, 0.5) is 17.1 Å². The van der Waals surface area contributed by atoms with Gasteiger partial charge in [-0.05, 0) is 66.9 Å². The number of hydrogen-bond donors (Lipinski definition) is 3. The molecule has 7 nitrogen and oxygen atoms in total. The highest BCUT2D eigenvalue weighted by molar-refractivity contribution is 6.12. The van der Waals surface area contributed by atoms with Gasteiger partial charge in [0.25, 0.3) is 5.91 Å². The fourth-order valence-electron chi connectivity index (χ4n) is 3.71. The van der Waals surface area contributed by atoms with E-state index in [1.54, 1.807) is 43.3 Å². The summed E-state index contributed by atoms with van der Waals surface area (Å²) in [4.78, 5) is 35.9. The number of benzene rings is 3. The number of anilines is 3. The Morgan fingerprint density at radius 2 is 1.62 bits per heavy atom. The number of aliphatic carboxylic acids is 1. The lowest BCUT2D eigenvalue weighted by atomic mass is 9.99. The Morgan fingerprint density at radius 1 is 0.906 bits per heavy atom. The zero-order chi connectivity index (χ0) is 23.0.